The number of nitrogen functional groups attached to an aromatic ring is 1. The molecule has 0 aromatic carbocycles. The second-order valence-electron chi connectivity index (χ2n) is 5.15. The van der Waals surface area contributed by atoms with Gasteiger partial charge in [0.05, 0.1) is 28.2 Å². The largest absolute Gasteiger partial charge is 0.383 e. The van der Waals surface area contributed by atoms with Crippen LogP contribution in [0.5, 0.6) is 0 Å². The maximum Gasteiger partial charge on any atom is 0.141 e. The molecule has 0 aliphatic heterocycles. The van der Waals surface area contributed by atoms with E-state index in [4.69, 9.17) is 5.73 Å². The predicted octanol–water partition coefficient (Wildman–Crippen LogP) is 3.57. The number of fused-ring (bicyclic) bond motifs is 1. The molecule has 0 spiro atoms. The summed E-state index contributed by atoms with van der Waals surface area (Å²) in [6, 6.07) is 1.87. The average molecular weight is 349 g/mol. The Hall–Kier alpha value is -1.80. The SMILES string of the molecule is CSc1nc(C(C)c2cc3c(CF)c[nH]c3cn2)nc(N)c1S. The number of thiol groups is 1. The van der Waals surface area contributed by atoms with Crippen LogP contribution in [-0.2, 0) is 6.67 Å². The molecule has 0 radical (unpaired) electrons. The van der Waals surface area contributed by atoms with Gasteiger partial charge in [-0.3, -0.25) is 4.98 Å². The van der Waals surface area contributed by atoms with E-state index >= 15 is 0 Å². The average Bonchev–Trinajstić information content (AvgIpc) is 2.98. The first kappa shape index (κ1) is 16.1. The first-order valence-corrected chi connectivity index (χ1v) is 8.64. The summed E-state index contributed by atoms with van der Waals surface area (Å²) in [5.41, 5.74) is 8.11. The molecular formula is C15H16FN5S2. The molecule has 3 aromatic rings. The molecule has 0 aliphatic rings. The molecule has 3 N–H and O–H groups in total. The Morgan fingerprint density at radius 2 is 2.22 bits per heavy atom. The molecule has 3 rings (SSSR count). The van der Waals surface area contributed by atoms with Crippen molar-refractivity contribution in [3.05, 3.63) is 35.5 Å². The number of aromatic nitrogens is 4. The zero-order valence-electron chi connectivity index (χ0n) is 12.7. The number of hydrogen-bond acceptors (Lipinski definition) is 6. The molecule has 3 aromatic heterocycles. The van der Waals surface area contributed by atoms with Crippen LogP contribution in [0.25, 0.3) is 10.9 Å². The minimum atomic E-state index is -0.522. The highest BCUT2D eigenvalue weighted by atomic mass is 32.2. The van der Waals surface area contributed by atoms with E-state index in [1.165, 1.54) is 11.8 Å². The topological polar surface area (TPSA) is 80.5 Å². The van der Waals surface area contributed by atoms with Crippen LogP contribution in [0.3, 0.4) is 0 Å². The Balaban J connectivity index is 2.06. The lowest BCUT2D eigenvalue weighted by Crippen LogP contribution is -2.08. The lowest BCUT2D eigenvalue weighted by atomic mass is 10.0. The van der Waals surface area contributed by atoms with E-state index in [0.29, 0.717) is 22.1 Å². The first-order chi connectivity index (χ1) is 11.0. The minimum Gasteiger partial charge on any atom is -0.383 e. The van der Waals surface area contributed by atoms with Crippen molar-refractivity contribution in [2.45, 2.75) is 29.4 Å². The van der Waals surface area contributed by atoms with Gasteiger partial charge in [0.25, 0.3) is 0 Å². The quantitative estimate of drug-likeness (QED) is 0.381. The molecule has 5 nitrogen and oxygen atoms in total. The third kappa shape index (κ3) is 2.88. The molecule has 0 bridgehead atoms. The van der Waals surface area contributed by atoms with Crippen LogP contribution < -0.4 is 5.73 Å². The van der Waals surface area contributed by atoms with Crippen LogP contribution >= 0.6 is 24.4 Å². The van der Waals surface area contributed by atoms with Crippen molar-refractivity contribution in [3.8, 4) is 0 Å². The van der Waals surface area contributed by atoms with E-state index < -0.39 is 6.67 Å². The Kier molecular flexibility index (Phi) is 4.45. The molecule has 0 amide bonds. The van der Waals surface area contributed by atoms with E-state index in [0.717, 1.165) is 21.6 Å². The van der Waals surface area contributed by atoms with Crippen LogP contribution in [-0.4, -0.2) is 26.2 Å². The fourth-order valence-electron chi connectivity index (χ4n) is 2.38. The number of anilines is 1. The van der Waals surface area contributed by atoms with Gasteiger partial charge >= 0.3 is 0 Å². The van der Waals surface area contributed by atoms with Gasteiger partial charge in [-0.15, -0.1) is 24.4 Å². The third-order valence-corrected chi connectivity index (χ3v) is 5.01. The summed E-state index contributed by atoms with van der Waals surface area (Å²) in [5, 5.41) is 1.56. The zero-order chi connectivity index (χ0) is 16.6. The Labute approximate surface area is 142 Å². The second kappa shape index (κ2) is 6.37. The van der Waals surface area contributed by atoms with Crippen LogP contribution in [0.4, 0.5) is 10.2 Å². The zero-order valence-corrected chi connectivity index (χ0v) is 14.4. The molecule has 0 saturated heterocycles. The van der Waals surface area contributed by atoms with Gasteiger partial charge in [0.15, 0.2) is 0 Å². The number of nitrogens with two attached hydrogens (primary N) is 1. The summed E-state index contributed by atoms with van der Waals surface area (Å²) >= 11 is 5.79. The van der Waals surface area contributed by atoms with Gasteiger partial charge in [-0.25, -0.2) is 14.4 Å². The Morgan fingerprint density at radius 1 is 1.43 bits per heavy atom. The molecule has 23 heavy (non-hydrogen) atoms. The maximum absolute atomic E-state index is 13.0. The van der Waals surface area contributed by atoms with Gasteiger partial charge < -0.3 is 10.7 Å². The van der Waals surface area contributed by atoms with E-state index in [2.05, 4.69) is 32.6 Å². The molecule has 0 saturated carbocycles. The molecule has 1 atom stereocenters. The number of halogens is 1. The molecule has 120 valence electrons. The highest BCUT2D eigenvalue weighted by Gasteiger charge is 2.18. The summed E-state index contributed by atoms with van der Waals surface area (Å²) in [6.07, 6.45) is 5.27. The standard InChI is InChI=1S/C15H16FN5S2/c1-7(14-20-13(17)12(22)15(21-14)23-2)10-3-9-8(4-16)5-18-11(9)6-19-10/h3,5-7,18,22H,4H2,1-2H3,(H2,17,20,21). The number of nitrogens with one attached hydrogen (secondary N) is 1. The molecular weight excluding hydrogens is 333 g/mol. The van der Waals surface area contributed by atoms with Crippen molar-refractivity contribution in [1.29, 1.82) is 0 Å². The van der Waals surface area contributed by atoms with E-state index in [9.17, 15) is 4.39 Å². The second-order valence-corrected chi connectivity index (χ2v) is 6.39. The van der Waals surface area contributed by atoms with Gasteiger partial charge in [0.2, 0.25) is 0 Å². The monoisotopic (exact) mass is 349 g/mol. The Morgan fingerprint density at radius 3 is 2.91 bits per heavy atom. The van der Waals surface area contributed by atoms with Crippen molar-refractivity contribution in [2.75, 3.05) is 12.0 Å². The highest BCUT2D eigenvalue weighted by molar-refractivity contribution is 7.99. The lowest BCUT2D eigenvalue weighted by molar-refractivity contribution is 0.488. The third-order valence-electron chi connectivity index (χ3n) is 3.74. The number of nitrogens with zero attached hydrogens (tertiary/aromatic N) is 3. The molecule has 3 heterocycles. The summed E-state index contributed by atoms with van der Waals surface area (Å²) in [7, 11) is 0. The first-order valence-electron chi connectivity index (χ1n) is 6.97. The van der Waals surface area contributed by atoms with Crippen LogP contribution in [0.2, 0.25) is 0 Å². The van der Waals surface area contributed by atoms with Crippen molar-refractivity contribution in [2.24, 2.45) is 0 Å². The van der Waals surface area contributed by atoms with E-state index in [1.54, 1.807) is 12.4 Å². The number of thioether (sulfide) groups is 1. The van der Waals surface area contributed by atoms with Gasteiger partial charge in [-0.05, 0) is 19.2 Å². The number of H-pyrrole nitrogens is 1. The number of rotatable bonds is 4. The van der Waals surface area contributed by atoms with Gasteiger partial charge in [-0.1, -0.05) is 0 Å². The molecule has 1 unspecified atom stereocenters. The fraction of sp³-hybridized carbons (Fsp3) is 0.267. The van der Waals surface area contributed by atoms with Gasteiger partial charge in [-0.2, -0.15) is 0 Å². The van der Waals surface area contributed by atoms with Crippen molar-refractivity contribution < 1.29 is 4.39 Å². The minimum absolute atomic E-state index is 0.163. The van der Waals surface area contributed by atoms with E-state index in [-0.39, 0.29) is 5.92 Å². The smallest absolute Gasteiger partial charge is 0.141 e. The summed E-state index contributed by atoms with van der Waals surface area (Å²) in [4.78, 5) is 16.9. The fourth-order valence-corrected chi connectivity index (χ4v) is 3.23. The van der Waals surface area contributed by atoms with Crippen LogP contribution in [0.15, 0.2) is 28.4 Å². The lowest BCUT2D eigenvalue weighted by Gasteiger charge is -2.13. The van der Waals surface area contributed by atoms with Crippen LogP contribution in [0.1, 0.15) is 29.9 Å². The van der Waals surface area contributed by atoms with Crippen molar-refractivity contribution in [1.82, 2.24) is 19.9 Å². The van der Waals surface area contributed by atoms with Gasteiger partial charge in [0.1, 0.15) is 23.3 Å². The van der Waals surface area contributed by atoms with E-state index in [1.807, 2.05) is 19.2 Å². The summed E-state index contributed by atoms with van der Waals surface area (Å²) < 4.78 is 13.0. The number of hydrogen-bond donors (Lipinski definition) is 3. The maximum atomic E-state index is 13.0. The summed E-state index contributed by atoms with van der Waals surface area (Å²) in [5.74, 6) is 0.763. The van der Waals surface area contributed by atoms with Gasteiger partial charge in [0, 0.05) is 17.1 Å². The van der Waals surface area contributed by atoms with Crippen molar-refractivity contribution >= 4 is 41.1 Å². The van der Waals surface area contributed by atoms with Crippen LogP contribution in [0, 0.1) is 0 Å². The predicted molar refractivity (Wildman–Crippen MR) is 93.9 cm³/mol. The Bertz CT molecular complexity index is 864. The number of aromatic amines is 1. The molecule has 0 aliphatic carbocycles. The highest BCUT2D eigenvalue weighted by Crippen LogP contribution is 2.30. The molecule has 8 heteroatoms. The molecule has 0 fully saturated rings. The normalized spacial score (nSPS) is 12.7. The number of alkyl halides is 1. The summed E-state index contributed by atoms with van der Waals surface area (Å²) in [6.45, 7) is 1.43. The van der Waals surface area contributed by atoms with Crippen molar-refractivity contribution in [3.63, 3.8) is 0 Å². The number of pyridine rings is 1.